The van der Waals surface area contributed by atoms with Gasteiger partial charge in [0, 0.05) is 12.0 Å². The molecule has 0 N–H and O–H groups in total. The number of ether oxygens (including phenoxy) is 1. The third kappa shape index (κ3) is 5.54. The Bertz CT molecular complexity index is 1700. The Hall–Kier alpha value is -3.98. The van der Waals surface area contributed by atoms with Crippen LogP contribution in [0.3, 0.4) is 0 Å². The van der Waals surface area contributed by atoms with E-state index in [0.29, 0.717) is 23.6 Å². The highest BCUT2D eigenvalue weighted by Gasteiger charge is 2.32. The number of hydrogen-bond acceptors (Lipinski definition) is 5. The predicted molar refractivity (Wildman–Crippen MR) is 161 cm³/mol. The van der Waals surface area contributed by atoms with Crippen LogP contribution in [-0.4, -0.2) is 48.2 Å². The Kier molecular flexibility index (Phi) is 7.74. The lowest BCUT2D eigenvalue weighted by atomic mass is 9.86. The summed E-state index contributed by atoms with van der Waals surface area (Å²) in [4.78, 5) is 12.9. The summed E-state index contributed by atoms with van der Waals surface area (Å²) in [5, 5.41) is 0. The van der Waals surface area contributed by atoms with E-state index in [1.165, 1.54) is 18.2 Å². The highest BCUT2D eigenvalue weighted by molar-refractivity contribution is 5.73. The fourth-order valence-electron chi connectivity index (χ4n) is 7.04. The van der Waals surface area contributed by atoms with Crippen molar-refractivity contribution in [2.45, 2.75) is 50.5 Å². The molecular weight excluding hydrogens is 568 g/mol. The maximum absolute atomic E-state index is 15.5. The summed E-state index contributed by atoms with van der Waals surface area (Å²) in [6.07, 6.45) is 5.67. The van der Waals surface area contributed by atoms with Gasteiger partial charge in [-0.25, -0.2) is 27.5 Å². The number of hydrogen-bond donors (Lipinski definition) is 0. The zero-order valence-corrected chi connectivity index (χ0v) is 24.6. The number of anilines is 1. The zero-order chi connectivity index (χ0) is 30.4. The number of halogens is 4. The molecule has 228 valence electrons. The molecule has 1 saturated heterocycles. The van der Waals surface area contributed by atoms with E-state index in [4.69, 9.17) is 4.74 Å². The zero-order valence-electron chi connectivity index (χ0n) is 24.6. The maximum atomic E-state index is 15.5. The summed E-state index contributed by atoms with van der Waals surface area (Å²) in [6, 6.07) is 12.8. The predicted octanol–water partition coefficient (Wildman–Crippen LogP) is 7.38. The van der Waals surface area contributed by atoms with Crippen molar-refractivity contribution in [1.29, 1.82) is 0 Å². The highest BCUT2D eigenvalue weighted by Crippen LogP contribution is 2.45. The molecule has 0 radical (unpaired) electrons. The summed E-state index contributed by atoms with van der Waals surface area (Å²) in [5.41, 5.74) is 4.06. The third-order valence-corrected chi connectivity index (χ3v) is 9.33. The van der Waals surface area contributed by atoms with Crippen LogP contribution in [0.4, 0.5) is 23.2 Å². The molecule has 1 aliphatic carbocycles. The largest absolute Gasteiger partial charge is 0.486 e. The quantitative estimate of drug-likeness (QED) is 0.223. The van der Waals surface area contributed by atoms with E-state index in [2.05, 4.69) is 21.9 Å². The first-order valence-electron chi connectivity index (χ1n) is 15.3. The number of aromatic nitrogens is 2. The number of nitrogens with zero attached hydrogens (tertiary/aromatic N) is 4. The standard InChI is InChI=1S/C35H34F4N4O/c1-42-11-9-23(10-12-42)26-8-5-21(15-28(26)37)16-33-40-20-30(39)34(41-33)24-17-29(38)35-32(18-24)43(13-14-44-35)31-4-2-3-22-6-7-25(36)19-27(22)31/h5-8,15,17-20,23,31H,2-4,9-14,16H2,1H3. The van der Waals surface area contributed by atoms with Crippen molar-refractivity contribution in [1.82, 2.24) is 14.9 Å². The van der Waals surface area contributed by atoms with Crippen molar-refractivity contribution in [3.8, 4) is 17.0 Å². The lowest BCUT2D eigenvalue weighted by Gasteiger charge is -2.40. The van der Waals surface area contributed by atoms with E-state index in [-0.39, 0.29) is 53.6 Å². The molecule has 0 bridgehead atoms. The third-order valence-electron chi connectivity index (χ3n) is 9.33. The van der Waals surface area contributed by atoms with E-state index in [1.807, 2.05) is 23.1 Å². The first kappa shape index (κ1) is 28.8. The fourth-order valence-corrected chi connectivity index (χ4v) is 7.04. The normalized spacial score (nSPS) is 18.9. The molecule has 1 aromatic heterocycles. The monoisotopic (exact) mass is 602 g/mol. The van der Waals surface area contributed by atoms with Crippen molar-refractivity contribution < 1.29 is 22.3 Å². The van der Waals surface area contributed by atoms with Gasteiger partial charge in [0.15, 0.2) is 17.4 Å². The lowest BCUT2D eigenvalue weighted by Crippen LogP contribution is -2.38. The number of fused-ring (bicyclic) bond motifs is 2. The van der Waals surface area contributed by atoms with Crippen molar-refractivity contribution in [3.05, 3.63) is 106 Å². The summed E-state index contributed by atoms with van der Waals surface area (Å²) in [7, 11) is 2.08. The molecule has 1 atom stereocenters. The molecule has 9 heteroatoms. The first-order valence-corrected chi connectivity index (χ1v) is 15.3. The Labute approximate surface area is 254 Å². The molecule has 3 aliphatic rings. The Morgan fingerprint density at radius 1 is 0.864 bits per heavy atom. The van der Waals surface area contributed by atoms with Gasteiger partial charge in [0.25, 0.3) is 0 Å². The van der Waals surface area contributed by atoms with Gasteiger partial charge in [0.1, 0.15) is 29.8 Å². The average molecular weight is 603 g/mol. The number of aryl methyl sites for hydroxylation is 1. The molecule has 3 heterocycles. The van der Waals surface area contributed by atoms with Gasteiger partial charge in [-0.3, -0.25) is 0 Å². The van der Waals surface area contributed by atoms with Gasteiger partial charge in [0.05, 0.1) is 24.5 Å². The van der Waals surface area contributed by atoms with E-state index < -0.39 is 11.6 Å². The van der Waals surface area contributed by atoms with Crippen molar-refractivity contribution in [3.63, 3.8) is 0 Å². The second-order valence-electron chi connectivity index (χ2n) is 12.2. The van der Waals surface area contributed by atoms with Gasteiger partial charge in [-0.15, -0.1) is 0 Å². The smallest absolute Gasteiger partial charge is 0.178 e. The molecule has 4 aromatic rings. The van der Waals surface area contributed by atoms with Crippen LogP contribution in [0.5, 0.6) is 5.75 Å². The summed E-state index contributed by atoms with van der Waals surface area (Å²) in [6.45, 7) is 2.65. The molecule has 1 unspecified atom stereocenters. The number of piperidine rings is 1. The highest BCUT2D eigenvalue weighted by atomic mass is 19.1. The lowest BCUT2D eigenvalue weighted by molar-refractivity contribution is 0.253. The van der Waals surface area contributed by atoms with E-state index in [9.17, 15) is 4.39 Å². The minimum atomic E-state index is -0.690. The van der Waals surface area contributed by atoms with Crippen LogP contribution >= 0.6 is 0 Å². The minimum Gasteiger partial charge on any atom is -0.486 e. The molecule has 5 nitrogen and oxygen atoms in total. The van der Waals surface area contributed by atoms with Crippen LogP contribution in [0.1, 0.15) is 65.7 Å². The van der Waals surface area contributed by atoms with Crippen LogP contribution in [0.15, 0.2) is 54.7 Å². The van der Waals surface area contributed by atoms with Crippen molar-refractivity contribution >= 4 is 5.69 Å². The van der Waals surface area contributed by atoms with Crippen LogP contribution in [-0.2, 0) is 12.8 Å². The summed E-state index contributed by atoms with van der Waals surface area (Å²) >= 11 is 0. The molecule has 0 spiro atoms. The van der Waals surface area contributed by atoms with Crippen LogP contribution in [0, 0.1) is 23.3 Å². The van der Waals surface area contributed by atoms with Gasteiger partial charge in [-0.05, 0) is 111 Å². The minimum absolute atomic E-state index is 0.0410. The topological polar surface area (TPSA) is 41.5 Å². The molecular formula is C35H34F4N4O. The Morgan fingerprint density at radius 3 is 2.52 bits per heavy atom. The first-order chi connectivity index (χ1) is 21.3. The molecule has 3 aromatic carbocycles. The van der Waals surface area contributed by atoms with E-state index in [1.54, 1.807) is 12.1 Å². The summed E-state index contributed by atoms with van der Waals surface area (Å²) < 4.78 is 65.9. The van der Waals surface area contributed by atoms with Gasteiger partial charge < -0.3 is 14.5 Å². The number of rotatable bonds is 5. The molecule has 7 rings (SSSR count). The Morgan fingerprint density at radius 2 is 1.70 bits per heavy atom. The number of benzene rings is 3. The van der Waals surface area contributed by atoms with Gasteiger partial charge >= 0.3 is 0 Å². The van der Waals surface area contributed by atoms with Crippen molar-refractivity contribution in [2.75, 3.05) is 38.2 Å². The molecule has 44 heavy (non-hydrogen) atoms. The van der Waals surface area contributed by atoms with Crippen LogP contribution in [0.25, 0.3) is 11.3 Å². The van der Waals surface area contributed by atoms with E-state index >= 15 is 13.2 Å². The van der Waals surface area contributed by atoms with Crippen molar-refractivity contribution in [2.24, 2.45) is 0 Å². The van der Waals surface area contributed by atoms with Crippen LogP contribution in [0.2, 0.25) is 0 Å². The maximum Gasteiger partial charge on any atom is 0.178 e. The fraction of sp³-hybridized carbons (Fsp3) is 0.371. The van der Waals surface area contributed by atoms with Crippen LogP contribution < -0.4 is 9.64 Å². The summed E-state index contributed by atoms with van der Waals surface area (Å²) in [5.74, 6) is -1.28. The number of likely N-dealkylation sites (tertiary alicyclic amines) is 1. The average Bonchev–Trinajstić information content (AvgIpc) is 3.02. The second-order valence-corrected chi connectivity index (χ2v) is 12.2. The van der Waals surface area contributed by atoms with Gasteiger partial charge in [-0.2, -0.15) is 0 Å². The Balaban J connectivity index is 1.19. The second kappa shape index (κ2) is 11.8. The van der Waals surface area contributed by atoms with E-state index in [0.717, 1.165) is 68.1 Å². The molecule has 1 fully saturated rings. The SMILES string of the molecule is CN1CCC(c2ccc(Cc3ncc(F)c(-c4cc(F)c5c(c4)N(C4CCCc6ccc(F)cc64)CCO5)n3)cc2F)CC1. The van der Waals surface area contributed by atoms with Gasteiger partial charge in [-0.1, -0.05) is 18.2 Å². The van der Waals surface area contributed by atoms with Gasteiger partial charge in [0.2, 0.25) is 0 Å². The molecule has 0 amide bonds. The molecule has 2 aliphatic heterocycles. The molecule has 0 saturated carbocycles.